The van der Waals surface area contributed by atoms with Crippen LogP contribution in [0.25, 0.3) is 11.1 Å². The van der Waals surface area contributed by atoms with Gasteiger partial charge in [-0.2, -0.15) is 0 Å². The summed E-state index contributed by atoms with van der Waals surface area (Å²) in [4.78, 5) is 37.5. The predicted molar refractivity (Wildman–Crippen MR) is 135 cm³/mol. The van der Waals surface area contributed by atoms with Crippen LogP contribution in [-0.4, -0.2) is 47.7 Å². The number of terminal acetylenes is 1. The van der Waals surface area contributed by atoms with E-state index in [9.17, 15) is 14.4 Å². The van der Waals surface area contributed by atoms with Gasteiger partial charge in [0.05, 0.1) is 12.2 Å². The van der Waals surface area contributed by atoms with E-state index in [1.165, 1.54) is 12.1 Å². The van der Waals surface area contributed by atoms with Crippen LogP contribution in [0.3, 0.4) is 0 Å². The van der Waals surface area contributed by atoms with Crippen molar-refractivity contribution in [2.45, 2.75) is 5.92 Å². The number of amides is 2. The summed E-state index contributed by atoms with van der Waals surface area (Å²) in [5.74, 6) is 0.457. The van der Waals surface area contributed by atoms with Crippen molar-refractivity contribution in [3.8, 4) is 23.5 Å². The minimum absolute atomic E-state index is 0.0853. The fourth-order valence-electron chi connectivity index (χ4n) is 4.15. The molecule has 0 heterocycles. The number of carbonyl (C=O) groups is 3. The van der Waals surface area contributed by atoms with Gasteiger partial charge in [0.1, 0.15) is 13.2 Å². The van der Waals surface area contributed by atoms with Gasteiger partial charge < -0.3 is 14.7 Å². The molecule has 0 fully saturated rings. The number of carbonyl (C=O) groups excluding carboxylic acids is 2. The third-order valence-electron chi connectivity index (χ3n) is 5.69. The molecule has 0 unspecified atom stereocenters. The van der Waals surface area contributed by atoms with E-state index < -0.39 is 24.5 Å². The van der Waals surface area contributed by atoms with Crippen LogP contribution in [0.4, 0.5) is 10.5 Å². The molecule has 0 bridgehead atoms. The van der Waals surface area contributed by atoms with Crippen molar-refractivity contribution in [3.05, 3.63) is 87.9 Å². The number of anilines is 1. The molecule has 0 radical (unpaired) electrons. The van der Waals surface area contributed by atoms with E-state index in [0.717, 1.165) is 27.2 Å². The van der Waals surface area contributed by atoms with E-state index in [1.54, 1.807) is 6.07 Å². The fourth-order valence-corrected chi connectivity index (χ4v) is 4.50. The lowest BCUT2D eigenvalue weighted by molar-refractivity contribution is -0.137. The Hall–Kier alpha value is -4.09. The van der Waals surface area contributed by atoms with Crippen LogP contribution in [-0.2, 0) is 9.53 Å². The molecule has 8 heteroatoms. The number of benzene rings is 3. The third-order valence-corrected chi connectivity index (χ3v) is 6.38. The Morgan fingerprint density at radius 2 is 1.66 bits per heavy atom. The molecule has 0 saturated heterocycles. The second kappa shape index (κ2) is 10.5. The van der Waals surface area contributed by atoms with Gasteiger partial charge in [-0.05, 0) is 56.4 Å². The molecule has 35 heavy (non-hydrogen) atoms. The third kappa shape index (κ3) is 5.20. The number of aliphatic carboxylic acids is 1. The second-order valence-corrected chi connectivity index (χ2v) is 8.76. The Balaban J connectivity index is 1.47. The van der Waals surface area contributed by atoms with Gasteiger partial charge in [0, 0.05) is 16.0 Å². The first-order valence-electron chi connectivity index (χ1n) is 10.7. The van der Waals surface area contributed by atoms with Gasteiger partial charge in [-0.15, -0.1) is 6.42 Å². The van der Waals surface area contributed by atoms with Crippen LogP contribution in [0, 0.1) is 12.3 Å². The van der Waals surface area contributed by atoms with Crippen LogP contribution in [0.15, 0.2) is 71.2 Å². The molecule has 3 aromatic rings. The number of halogens is 1. The summed E-state index contributed by atoms with van der Waals surface area (Å²) >= 11 is 3.35. The minimum Gasteiger partial charge on any atom is -0.480 e. The van der Waals surface area contributed by atoms with Gasteiger partial charge in [-0.3, -0.25) is 14.9 Å². The molecule has 0 atom stereocenters. The average Bonchev–Trinajstić information content (AvgIpc) is 3.17. The summed E-state index contributed by atoms with van der Waals surface area (Å²) in [5.41, 5.74) is 4.94. The molecule has 1 aliphatic carbocycles. The van der Waals surface area contributed by atoms with Crippen molar-refractivity contribution >= 4 is 39.6 Å². The molecule has 7 nitrogen and oxygen atoms in total. The summed E-state index contributed by atoms with van der Waals surface area (Å²) < 4.78 is 6.10. The van der Waals surface area contributed by atoms with Crippen molar-refractivity contribution in [2.24, 2.45) is 0 Å². The highest BCUT2D eigenvalue weighted by Gasteiger charge is 2.29. The number of fused-ring (bicyclic) bond motifs is 3. The zero-order valence-electron chi connectivity index (χ0n) is 18.5. The molecule has 2 amide bonds. The average molecular weight is 533 g/mol. The number of ether oxygens (including phenoxy) is 1. The van der Waals surface area contributed by atoms with Crippen molar-refractivity contribution < 1.29 is 24.2 Å². The topological polar surface area (TPSA) is 95.9 Å². The Bertz CT molecular complexity index is 1300. The molecule has 1 aliphatic rings. The quantitative estimate of drug-likeness (QED) is 0.419. The molecule has 2 N–H and O–H groups in total. The van der Waals surface area contributed by atoms with Crippen LogP contribution in [0.1, 0.15) is 27.4 Å². The number of carboxylic acid groups (broad SMARTS) is 1. The van der Waals surface area contributed by atoms with Gasteiger partial charge >= 0.3 is 12.1 Å². The first-order chi connectivity index (χ1) is 16.9. The van der Waals surface area contributed by atoms with Crippen molar-refractivity contribution in [1.82, 2.24) is 4.90 Å². The largest absolute Gasteiger partial charge is 0.480 e. The molecule has 0 aromatic heterocycles. The van der Waals surface area contributed by atoms with Gasteiger partial charge in [0.2, 0.25) is 0 Å². The monoisotopic (exact) mass is 532 g/mol. The SMILES string of the molecule is C#CCN(CC(=O)O)C(=O)c1ccc(Br)c(NC(=O)OCC2c3ccccc3-c3ccccc32)c1. The summed E-state index contributed by atoms with van der Waals surface area (Å²) in [5, 5.41) is 11.7. The fraction of sp³-hybridized carbons (Fsp3) is 0.148. The van der Waals surface area contributed by atoms with E-state index in [2.05, 4.69) is 39.3 Å². The number of hydrogen-bond acceptors (Lipinski definition) is 4. The standard InChI is InChI=1S/C27H21BrN2O5/c1-2-13-30(15-25(31)32)26(33)17-11-12-23(28)24(14-17)29-27(34)35-16-22-20-9-5-3-7-18(20)19-8-4-6-10-21(19)22/h1,3-12,14,22H,13,15-16H2,(H,29,34)(H,31,32). The molecule has 0 saturated carbocycles. The number of nitrogens with zero attached hydrogens (tertiary/aromatic N) is 1. The molecule has 176 valence electrons. The summed E-state index contributed by atoms with van der Waals surface area (Å²) in [6.07, 6.45) is 4.59. The second-order valence-electron chi connectivity index (χ2n) is 7.90. The lowest BCUT2D eigenvalue weighted by Gasteiger charge is -2.19. The highest BCUT2D eigenvalue weighted by molar-refractivity contribution is 9.10. The highest BCUT2D eigenvalue weighted by atomic mass is 79.9. The molecule has 0 spiro atoms. The maximum atomic E-state index is 12.8. The number of nitrogens with one attached hydrogen (secondary N) is 1. The smallest absolute Gasteiger partial charge is 0.411 e. The zero-order chi connectivity index (χ0) is 24.9. The Morgan fingerprint density at radius 1 is 1.03 bits per heavy atom. The van der Waals surface area contributed by atoms with Crippen molar-refractivity contribution in [3.63, 3.8) is 0 Å². The highest BCUT2D eigenvalue weighted by Crippen LogP contribution is 2.44. The predicted octanol–water partition coefficient (Wildman–Crippen LogP) is 4.97. The summed E-state index contributed by atoms with van der Waals surface area (Å²) in [7, 11) is 0. The molecular formula is C27H21BrN2O5. The Kier molecular flexibility index (Phi) is 7.18. The van der Waals surface area contributed by atoms with E-state index in [4.69, 9.17) is 16.3 Å². The van der Waals surface area contributed by atoms with Crippen LogP contribution < -0.4 is 5.32 Å². The van der Waals surface area contributed by atoms with Gasteiger partial charge in [0.25, 0.3) is 5.91 Å². The van der Waals surface area contributed by atoms with E-state index in [0.29, 0.717) is 10.2 Å². The lowest BCUT2D eigenvalue weighted by atomic mass is 9.98. The number of hydrogen-bond donors (Lipinski definition) is 2. The number of carboxylic acids is 1. The maximum Gasteiger partial charge on any atom is 0.411 e. The molecule has 0 aliphatic heterocycles. The van der Waals surface area contributed by atoms with Crippen LogP contribution in [0.2, 0.25) is 0 Å². The van der Waals surface area contributed by atoms with Gasteiger partial charge in [-0.1, -0.05) is 54.5 Å². The zero-order valence-corrected chi connectivity index (χ0v) is 20.1. The number of rotatable bonds is 7. The summed E-state index contributed by atoms with van der Waals surface area (Å²) in [6, 6.07) is 20.6. The van der Waals surface area contributed by atoms with Gasteiger partial charge in [-0.25, -0.2) is 4.79 Å². The van der Waals surface area contributed by atoms with E-state index >= 15 is 0 Å². The first-order valence-corrected chi connectivity index (χ1v) is 11.5. The first kappa shape index (κ1) is 24.0. The Morgan fingerprint density at radius 3 is 2.26 bits per heavy atom. The molecule has 4 rings (SSSR count). The minimum atomic E-state index is -1.18. The Labute approximate surface area is 210 Å². The van der Waals surface area contributed by atoms with Gasteiger partial charge in [0.15, 0.2) is 0 Å². The van der Waals surface area contributed by atoms with E-state index in [1.807, 2.05) is 36.4 Å². The maximum absolute atomic E-state index is 12.8. The van der Waals surface area contributed by atoms with Crippen LogP contribution >= 0.6 is 15.9 Å². The van der Waals surface area contributed by atoms with Crippen molar-refractivity contribution in [2.75, 3.05) is 25.0 Å². The van der Waals surface area contributed by atoms with Crippen LogP contribution in [0.5, 0.6) is 0 Å². The molecular weight excluding hydrogens is 512 g/mol. The van der Waals surface area contributed by atoms with E-state index in [-0.39, 0.29) is 24.6 Å². The summed E-state index contributed by atoms with van der Waals surface area (Å²) in [6.45, 7) is -0.546. The van der Waals surface area contributed by atoms with Crippen molar-refractivity contribution in [1.29, 1.82) is 0 Å². The molecule has 3 aromatic carbocycles. The lowest BCUT2D eigenvalue weighted by Crippen LogP contribution is -2.36. The normalized spacial score (nSPS) is 11.7.